The zero-order valence-corrected chi connectivity index (χ0v) is 8.87. The zero-order chi connectivity index (χ0) is 11.0. The second-order valence-electron chi connectivity index (χ2n) is 3.91. The summed E-state index contributed by atoms with van der Waals surface area (Å²) >= 11 is 0. The van der Waals surface area contributed by atoms with E-state index in [4.69, 9.17) is 5.73 Å². The quantitative estimate of drug-likeness (QED) is 0.816. The van der Waals surface area contributed by atoms with E-state index in [1.54, 1.807) is 10.7 Å². The third kappa shape index (κ3) is 1.85. The molecule has 2 N–H and O–H groups in total. The van der Waals surface area contributed by atoms with Crippen molar-refractivity contribution in [3.63, 3.8) is 0 Å². The standard InChI is InChI=1S/C11H14FN3/c1-7(13)6-15-11-5-9(12)3-4-10(11)8(2)14-15/h3-5,7H,6,13H2,1-2H3. The fourth-order valence-electron chi connectivity index (χ4n) is 1.73. The van der Waals surface area contributed by atoms with E-state index in [0.29, 0.717) is 6.54 Å². The molecule has 80 valence electrons. The van der Waals surface area contributed by atoms with Gasteiger partial charge in [-0.3, -0.25) is 4.68 Å². The van der Waals surface area contributed by atoms with Crippen LogP contribution in [0.1, 0.15) is 12.6 Å². The molecule has 0 saturated heterocycles. The van der Waals surface area contributed by atoms with Crippen molar-refractivity contribution >= 4 is 10.9 Å². The fourth-order valence-corrected chi connectivity index (χ4v) is 1.73. The maximum absolute atomic E-state index is 13.1. The number of aromatic nitrogens is 2. The minimum atomic E-state index is -0.242. The van der Waals surface area contributed by atoms with E-state index in [0.717, 1.165) is 16.6 Å². The van der Waals surface area contributed by atoms with Crippen LogP contribution in [0.15, 0.2) is 18.2 Å². The Morgan fingerprint density at radius 3 is 2.93 bits per heavy atom. The van der Waals surface area contributed by atoms with Gasteiger partial charge in [0, 0.05) is 11.4 Å². The first-order chi connectivity index (χ1) is 7.08. The van der Waals surface area contributed by atoms with Gasteiger partial charge in [-0.15, -0.1) is 0 Å². The lowest BCUT2D eigenvalue weighted by Gasteiger charge is -2.06. The van der Waals surface area contributed by atoms with Gasteiger partial charge in [0.1, 0.15) is 5.82 Å². The van der Waals surface area contributed by atoms with E-state index < -0.39 is 0 Å². The Bertz CT molecular complexity index is 488. The van der Waals surface area contributed by atoms with Crippen LogP contribution in [0.5, 0.6) is 0 Å². The Morgan fingerprint density at radius 1 is 1.53 bits per heavy atom. The molecule has 0 amide bonds. The van der Waals surface area contributed by atoms with E-state index in [-0.39, 0.29) is 11.9 Å². The lowest BCUT2D eigenvalue weighted by Crippen LogP contribution is -2.22. The van der Waals surface area contributed by atoms with Crippen LogP contribution in [0.4, 0.5) is 4.39 Å². The molecule has 0 bridgehead atoms. The fraction of sp³-hybridized carbons (Fsp3) is 0.364. The number of nitrogens with zero attached hydrogens (tertiary/aromatic N) is 2. The molecular weight excluding hydrogens is 193 g/mol. The van der Waals surface area contributed by atoms with Crippen molar-refractivity contribution in [1.82, 2.24) is 9.78 Å². The molecule has 1 heterocycles. The summed E-state index contributed by atoms with van der Waals surface area (Å²) in [4.78, 5) is 0. The summed E-state index contributed by atoms with van der Waals surface area (Å²) in [5.74, 6) is -0.242. The van der Waals surface area contributed by atoms with Crippen LogP contribution in [0.25, 0.3) is 10.9 Å². The van der Waals surface area contributed by atoms with Crippen LogP contribution in [0.3, 0.4) is 0 Å². The third-order valence-electron chi connectivity index (χ3n) is 2.36. The highest BCUT2D eigenvalue weighted by atomic mass is 19.1. The Labute approximate surface area is 87.7 Å². The molecule has 2 aromatic rings. The van der Waals surface area contributed by atoms with Gasteiger partial charge in [0.15, 0.2) is 0 Å². The number of benzene rings is 1. The number of hydrogen-bond donors (Lipinski definition) is 1. The maximum atomic E-state index is 13.1. The Morgan fingerprint density at radius 2 is 2.27 bits per heavy atom. The second kappa shape index (κ2) is 3.62. The SMILES string of the molecule is Cc1nn(CC(C)N)c2cc(F)ccc12. The van der Waals surface area contributed by atoms with Crippen LogP contribution in [-0.4, -0.2) is 15.8 Å². The van der Waals surface area contributed by atoms with Crippen molar-refractivity contribution in [2.75, 3.05) is 0 Å². The van der Waals surface area contributed by atoms with Crippen LogP contribution >= 0.6 is 0 Å². The molecule has 1 atom stereocenters. The number of fused-ring (bicyclic) bond motifs is 1. The minimum absolute atomic E-state index is 0.00997. The smallest absolute Gasteiger partial charge is 0.125 e. The van der Waals surface area contributed by atoms with Crippen LogP contribution in [0, 0.1) is 12.7 Å². The molecule has 0 saturated carbocycles. The number of aryl methyl sites for hydroxylation is 1. The van der Waals surface area contributed by atoms with Gasteiger partial charge >= 0.3 is 0 Å². The van der Waals surface area contributed by atoms with Gasteiger partial charge in [-0.05, 0) is 32.0 Å². The summed E-state index contributed by atoms with van der Waals surface area (Å²) in [7, 11) is 0. The van der Waals surface area contributed by atoms with Gasteiger partial charge in [-0.2, -0.15) is 5.10 Å². The number of nitrogens with two attached hydrogens (primary N) is 1. The van der Waals surface area contributed by atoms with E-state index in [2.05, 4.69) is 5.10 Å². The number of hydrogen-bond acceptors (Lipinski definition) is 2. The van der Waals surface area contributed by atoms with Crippen molar-refractivity contribution in [3.05, 3.63) is 29.7 Å². The van der Waals surface area contributed by atoms with Gasteiger partial charge in [0.25, 0.3) is 0 Å². The van der Waals surface area contributed by atoms with Crippen molar-refractivity contribution in [2.24, 2.45) is 5.73 Å². The van der Waals surface area contributed by atoms with E-state index in [1.807, 2.05) is 13.8 Å². The Hall–Kier alpha value is -1.42. The van der Waals surface area contributed by atoms with Gasteiger partial charge in [-0.25, -0.2) is 4.39 Å². The van der Waals surface area contributed by atoms with E-state index in [9.17, 15) is 4.39 Å². The predicted octanol–water partition coefficient (Wildman–Crippen LogP) is 1.83. The monoisotopic (exact) mass is 207 g/mol. The molecule has 0 aliphatic heterocycles. The third-order valence-corrected chi connectivity index (χ3v) is 2.36. The van der Waals surface area contributed by atoms with Crippen LogP contribution in [-0.2, 0) is 6.54 Å². The minimum Gasteiger partial charge on any atom is -0.326 e. The molecule has 0 aliphatic rings. The Kier molecular flexibility index (Phi) is 2.44. The topological polar surface area (TPSA) is 43.8 Å². The molecule has 2 rings (SSSR count). The molecule has 0 radical (unpaired) electrons. The van der Waals surface area contributed by atoms with Crippen molar-refractivity contribution in [3.8, 4) is 0 Å². The number of rotatable bonds is 2. The van der Waals surface area contributed by atoms with Gasteiger partial charge in [0.05, 0.1) is 17.8 Å². The van der Waals surface area contributed by atoms with E-state index in [1.165, 1.54) is 12.1 Å². The molecule has 0 spiro atoms. The Balaban J connectivity index is 2.59. The highest BCUT2D eigenvalue weighted by Gasteiger charge is 2.08. The van der Waals surface area contributed by atoms with Crippen molar-refractivity contribution in [2.45, 2.75) is 26.4 Å². The number of halogens is 1. The molecule has 0 fully saturated rings. The van der Waals surface area contributed by atoms with E-state index >= 15 is 0 Å². The summed E-state index contributed by atoms with van der Waals surface area (Å²) in [6.07, 6.45) is 0. The lowest BCUT2D eigenvalue weighted by atomic mass is 10.2. The average Bonchev–Trinajstić information content (AvgIpc) is 2.42. The van der Waals surface area contributed by atoms with Gasteiger partial charge < -0.3 is 5.73 Å². The summed E-state index contributed by atoms with van der Waals surface area (Å²) < 4.78 is 14.9. The van der Waals surface area contributed by atoms with Crippen molar-refractivity contribution < 1.29 is 4.39 Å². The predicted molar refractivity (Wildman–Crippen MR) is 58.1 cm³/mol. The van der Waals surface area contributed by atoms with Gasteiger partial charge in [0.2, 0.25) is 0 Å². The summed E-state index contributed by atoms with van der Waals surface area (Å²) in [6, 6.07) is 4.71. The maximum Gasteiger partial charge on any atom is 0.125 e. The second-order valence-corrected chi connectivity index (χ2v) is 3.91. The first-order valence-corrected chi connectivity index (χ1v) is 4.96. The highest BCUT2D eigenvalue weighted by Crippen LogP contribution is 2.19. The molecule has 0 aliphatic carbocycles. The van der Waals surface area contributed by atoms with Gasteiger partial charge in [-0.1, -0.05) is 0 Å². The zero-order valence-electron chi connectivity index (χ0n) is 8.87. The molecule has 1 unspecified atom stereocenters. The van der Waals surface area contributed by atoms with Crippen LogP contribution in [0.2, 0.25) is 0 Å². The van der Waals surface area contributed by atoms with Crippen molar-refractivity contribution in [1.29, 1.82) is 0 Å². The highest BCUT2D eigenvalue weighted by molar-refractivity contribution is 5.81. The summed E-state index contributed by atoms with van der Waals surface area (Å²) in [5.41, 5.74) is 7.43. The normalized spacial score (nSPS) is 13.3. The first-order valence-electron chi connectivity index (χ1n) is 4.96. The largest absolute Gasteiger partial charge is 0.326 e. The molecule has 4 heteroatoms. The molecule has 1 aromatic carbocycles. The molecule has 15 heavy (non-hydrogen) atoms. The lowest BCUT2D eigenvalue weighted by molar-refractivity contribution is 0.548. The molecule has 1 aromatic heterocycles. The van der Waals surface area contributed by atoms with Crippen LogP contribution < -0.4 is 5.73 Å². The molecular formula is C11H14FN3. The summed E-state index contributed by atoms with van der Waals surface area (Å²) in [5, 5.41) is 5.32. The molecule has 3 nitrogen and oxygen atoms in total. The average molecular weight is 207 g/mol. The first kappa shape index (κ1) is 10.1. The summed E-state index contributed by atoms with van der Waals surface area (Å²) in [6.45, 7) is 4.42.